The molecule has 7 heteroatoms. The summed E-state index contributed by atoms with van der Waals surface area (Å²) in [7, 11) is 1.61. The molecule has 30 heavy (non-hydrogen) atoms. The van der Waals surface area contributed by atoms with Crippen LogP contribution in [-0.2, 0) is 0 Å². The van der Waals surface area contributed by atoms with E-state index in [0.29, 0.717) is 30.9 Å². The number of halogens is 1. The van der Waals surface area contributed by atoms with Crippen molar-refractivity contribution in [1.29, 1.82) is 0 Å². The first-order valence-electron chi connectivity index (χ1n) is 10.0. The third-order valence-corrected chi connectivity index (χ3v) is 6.58. The molecule has 3 unspecified atom stereocenters. The summed E-state index contributed by atoms with van der Waals surface area (Å²) >= 11 is 3.59. The first-order valence-corrected chi connectivity index (χ1v) is 10.8. The Kier molecular flexibility index (Phi) is 6.22. The molecule has 1 fully saturated rings. The number of fused-ring (bicyclic) bond motifs is 1. The molecule has 3 atom stereocenters. The normalized spacial score (nSPS) is 21.6. The third-order valence-electron chi connectivity index (χ3n) is 5.73. The summed E-state index contributed by atoms with van der Waals surface area (Å²) in [5, 5.41) is 20.5. The van der Waals surface area contributed by atoms with E-state index in [4.69, 9.17) is 9.47 Å². The number of aromatic nitrogens is 2. The number of nitrogens with zero attached hydrogens (tertiary/aromatic N) is 2. The molecule has 1 aliphatic carbocycles. The summed E-state index contributed by atoms with van der Waals surface area (Å²) in [4.78, 5) is 8.94. The largest absolute Gasteiger partial charge is 0.493 e. The predicted molar refractivity (Wildman–Crippen MR) is 119 cm³/mol. The number of aliphatic hydroxyl groups excluding tert-OH is 2. The van der Waals surface area contributed by atoms with Gasteiger partial charge in [0.2, 0.25) is 0 Å². The Labute approximate surface area is 184 Å². The van der Waals surface area contributed by atoms with Crippen molar-refractivity contribution in [3.8, 4) is 22.8 Å². The van der Waals surface area contributed by atoms with Crippen molar-refractivity contribution in [3.63, 3.8) is 0 Å². The minimum Gasteiger partial charge on any atom is -0.493 e. The van der Waals surface area contributed by atoms with Crippen molar-refractivity contribution in [2.75, 3.05) is 13.7 Å². The van der Waals surface area contributed by atoms with Gasteiger partial charge in [0.05, 0.1) is 37.1 Å². The average Bonchev–Trinajstić information content (AvgIpc) is 2.75. The van der Waals surface area contributed by atoms with E-state index >= 15 is 0 Å². The molecular weight excluding hydrogens is 448 g/mol. The fourth-order valence-electron chi connectivity index (χ4n) is 3.88. The van der Waals surface area contributed by atoms with E-state index in [0.717, 1.165) is 38.6 Å². The van der Waals surface area contributed by atoms with Gasteiger partial charge in [0.15, 0.2) is 11.5 Å². The molecule has 1 heterocycles. The smallest absolute Gasteiger partial charge is 0.163 e. The van der Waals surface area contributed by atoms with Crippen LogP contribution in [0.5, 0.6) is 11.5 Å². The summed E-state index contributed by atoms with van der Waals surface area (Å²) < 4.78 is 12.7. The van der Waals surface area contributed by atoms with E-state index in [1.54, 1.807) is 13.4 Å². The number of benzene rings is 2. The molecule has 0 radical (unpaired) electrons. The topological polar surface area (TPSA) is 84.7 Å². The maximum Gasteiger partial charge on any atom is 0.163 e. The quantitative estimate of drug-likeness (QED) is 0.576. The van der Waals surface area contributed by atoms with Gasteiger partial charge in [0, 0.05) is 21.5 Å². The molecule has 0 aliphatic heterocycles. The Hall–Kier alpha value is -2.22. The van der Waals surface area contributed by atoms with Crippen LogP contribution in [0, 0.1) is 12.8 Å². The summed E-state index contributed by atoms with van der Waals surface area (Å²) in [5.41, 5.74) is 3.75. The van der Waals surface area contributed by atoms with Crippen LogP contribution in [0.4, 0.5) is 0 Å². The van der Waals surface area contributed by atoms with Crippen LogP contribution in [0.1, 0.15) is 24.8 Å². The molecule has 0 spiro atoms. The highest BCUT2D eigenvalue weighted by atomic mass is 79.9. The van der Waals surface area contributed by atoms with Gasteiger partial charge in [-0.1, -0.05) is 28.1 Å². The maximum absolute atomic E-state index is 9.91. The van der Waals surface area contributed by atoms with E-state index in [9.17, 15) is 10.2 Å². The van der Waals surface area contributed by atoms with Gasteiger partial charge in [-0.05, 0) is 49.8 Å². The third kappa shape index (κ3) is 4.29. The standard InChI is InChI=1S/C23H25BrN2O4/c1-13-3-5-15(8-17(13)24)23-16-9-21(29-2)22(10-18(16)25-12-26-23)30-11-14-4-6-19(27)20(28)7-14/h3,5,8-10,12,14,19-20,27-28H,4,6-7,11H2,1-2H3. The van der Waals surface area contributed by atoms with Crippen molar-refractivity contribution < 1.29 is 19.7 Å². The zero-order valence-corrected chi connectivity index (χ0v) is 18.6. The van der Waals surface area contributed by atoms with Crippen LogP contribution in [0.2, 0.25) is 0 Å². The van der Waals surface area contributed by atoms with Gasteiger partial charge in [0.1, 0.15) is 6.33 Å². The van der Waals surface area contributed by atoms with Gasteiger partial charge >= 0.3 is 0 Å². The summed E-state index contributed by atoms with van der Waals surface area (Å²) in [5.74, 6) is 1.41. The lowest BCUT2D eigenvalue weighted by Crippen LogP contribution is -2.35. The number of ether oxygens (including phenoxy) is 2. The molecule has 1 saturated carbocycles. The average molecular weight is 473 g/mol. The van der Waals surface area contributed by atoms with Crippen molar-refractivity contribution in [2.45, 2.75) is 38.4 Å². The first-order chi connectivity index (χ1) is 14.5. The van der Waals surface area contributed by atoms with Crippen LogP contribution < -0.4 is 9.47 Å². The fraction of sp³-hybridized carbons (Fsp3) is 0.391. The monoisotopic (exact) mass is 472 g/mol. The van der Waals surface area contributed by atoms with E-state index in [2.05, 4.69) is 38.0 Å². The molecule has 1 aliphatic rings. The van der Waals surface area contributed by atoms with Crippen molar-refractivity contribution >= 4 is 26.8 Å². The van der Waals surface area contributed by atoms with E-state index < -0.39 is 12.2 Å². The second-order valence-electron chi connectivity index (χ2n) is 7.83. The first kappa shape index (κ1) is 21.0. The van der Waals surface area contributed by atoms with Gasteiger partial charge in [-0.25, -0.2) is 9.97 Å². The lowest BCUT2D eigenvalue weighted by Gasteiger charge is -2.30. The SMILES string of the molecule is COc1cc2c(-c3ccc(C)c(Br)c3)ncnc2cc1OCC1CCC(O)C(O)C1. The molecule has 0 saturated heterocycles. The van der Waals surface area contributed by atoms with Crippen LogP contribution in [0.15, 0.2) is 41.1 Å². The van der Waals surface area contributed by atoms with E-state index in [1.807, 2.05) is 25.1 Å². The van der Waals surface area contributed by atoms with E-state index in [-0.39, 0.29) is 5.92 Å². The summed E-state index contributed by atoms with van der Waals surface area (Å²) in [6.07, 6.45) is 2.19. The Morgan fingerprint density at radius 1 is 1.07 bits per heavy atom. The second kappa shape index (κ2) is 8.88. The van der Waals surface area contributed by atoms with Crippen LogP contribution in [-0.4, -0.2) is 46.1 Å². The van der Waals surface area contributed by atoms with Gasteiger partial charge in [-0.15, -0.1) is 0 Å². The Morgan fingerprint density at radius 3 is 2.63 bits per heavy atom. The molecule has 158 valence electrons. The predicted octanol–water partition coefficient (Wildman–Crippen LogP) is 4.28. The lowest BCUT2D eigenvalue weighted by atomic mass is 9.86. The number of rotatable bonds is 5. The summed E-state index contributed by atoms with van der Waals surface area (Å²) in [6.45, 7) is 2.50. The number of hydrogen-bond acceptors (Lipinski definition) is 6. The number of hydrogen-bond donors (Lipinski definition) is 2. The van der Waals surface area contributed by atoms with Gasteiger partial charge in [0.25, 0.3) is 0 Å². The zero-order valence-electron chi connectivity index (χ0n) is 17.0. The number of aliphatic hydroxyl groups is 2. The Bertz CT molecular complexity index is 1060. The van der Waals surface area contributed by atoms with Crippen LogP contribution in [0.3, 0.4) is 0 Å². The molecule has 4 rings (SSSR count). The highest BCUT2D eigenvalue weighted by Crippen LogP contribution is 2.37. The fourth-order valence-corrected chi connectivity index (χ4v) is 4.26. The molecule has 2 N–H and O–H groups in total. The minimum absolute atomic E-state index is 0.190. The van der Waals surface area contributed by atoms with Crippen LogP contribution >= 0.6 is 15.9 Å². The van der Waals surface area contributed by atoms with Gasteiger partial charge < -0.3 is 19.7 Å². The highest BCUT2D eigenvalue weighted by molar-refractivity contribution is 9.10. The van der Waals surface area contributed by atoms with Gasteiger partial charge in [-0.2, -0.15) is 0 Å². The maximum atomic E-state index is 9.91. The Balaban J connectivity index is 1.63. The molecule has 2 aromatic carbocycles. The highest BCUT2D eigenvalue weighted by Gasteiger charge is 2.28. The lowest BCUT2D eigenvalue weighted by molar-refractivity contribution is -0.0317. The van der Waals surface area contributed by atoms with Crippen molar-refractivity contribution in [2.24, 2.45) is 5.92 Å². The van der Waals surface area contributed by atoms with Crippen molar-refractivity contribution in [1.82, 2.24) is 9.97 Å². The number of aryl methyl sites for hydroxylation is 1. The van der Waals surface area contributed by atoms with Gasteiger partial charge in [-0.3, -0.25) is 0 Å². The van der Waals surface area contributed by atoms with Crippen molar-refractivity contribution in [3.05, 3.63) is 46.7 Å². The zero-order chi connectivity index (χ0) is 21.3. The number of methoxy groups -OCH3 is 1. The molecule has 0 amide bonds. The second-order valence-corrected chi connectivity index (χ2v) is 8.69. The minimum atomic E-state index is -0.685. The summed E-state index contributed by atoms with van der Waals surface area (Å²) in [6, 6.07) is 9.93. The molecule has 1 aromatic heterocycles. The molecular formula is C23H25BrN2O4. The van der Waals surface area contributed by atoms with E-state index in [1.165, 1.54) is 0 Å². The molecule has 6 nitrogen and oxygen atoms in total. The van der Waals surface area contributed by atoms with Crippen LogP contribution in [0.25, 0.3) is 22.2 Å². The Morgan fingerprint density at radius 2 is 1.90 bits per heavy atom. The molecule has 3 aromatic rings. The molecule has 0 bridgehead atoms.